The van der Waals surface area contributed by atoms with Gasteiger partial charge in [-0.05, 0) is 24.1 Å². The van der Waals surface area contributed by atoms with Crippen molar-refractivity contribution in [3.05, 3.63) is 60.1 Å². The molecule has 2 saturated heterocycles. The van der Waals surface area contributed by atoms with Gasteiger partial charge in [0.05, 0.1) is 19.4 Å². The van der Waals surface area contributed by atoms with Gasteiger partial charge in [-0.25, -0.2) is 0 Å². The number of aryl methyl sites for hydroxylation is 1. The molecule has 138 valence electrons. The van der Waals surface area contributed by atoms with Crippen LogP contribution in [0.25, 0.3) is 0 Å². The molecule has 1 amide bonds. The van der Waals surface area contributed by atoms with E-state index in [1.54, 1.807) is 13.4 Å². The molecule has 3 atom stereocenters. The maximum Gasteiger partial charge on any atom is 0.223 e. The van der Waals surface area contributed by atoms with Crippen LogP contribution in [0.5, 0.6) is 0 Å². The summed E-state index contributed by atoms with van der Waals surface area (Å²) in [6.07, 6.45) is 3.52. The van der Waals surface area contributed by atoms with E-state index in [0.717, 1.165) is 12.2 Å². The molecule has 26 heavy (non-hydrogen) atoms. The quantitative estimate of drug-likeness (QED) is 0.827. The molecule has 1 aromatic carbocycles. The Labute approximate surface area is 153 Å². The number of rotatable bonds is 5. The van der Waals surface area contributed by atoms with Gasteiger partial charge in [0.15, 0.2) is 0 Å². The van der Waals surface area contributed by atoms with Crippen molar-refractivity contribution in [3.8, 4) is 0 Å². The third-order valence-electron chi connectivity index (χ3n) is 5.67. The predicted molar refractivity (Wildman–Crippen MR) is 96.9 cm³/mol. The number of furan rings is 1. The van der Waals surface area contributed by atoms with Gasteiger partial charge in [-0.1, -0.05) is 30.3 Å². The van der Waals surface area contributed by atoms with E-state index in [1.807, 2.05) is 23.1 Å². The summed E-state index contributed by atoms with van der Waals surface area (Å²) in [5.41, 5.74) is 0.900. The Morgan fingerprint density at radius 1 is 1.27 bits per heavy atom. The average Bonchev–Trinajstić information content (AvgIpc) is 3.41. The van der Waals surface area contributed by atoms with E-state index in [4.69, 9.17) is 13.9 Å². The monoisotopic (exact) mass is 355 g/mol. The van der Waals surface area contributed by atoms with Crippen molar-refractivity contribution in [3.63, 3.8) is 0 Å². The number of hydrogen-bond donors (Lipinski definition) is 0. The summed E-state index contributed by atoms with van der Waals surface area (Å²) >= 11 is 0. The first-order valence-corrected chi connectivity index (χ1v) is 9.22. The Kier molecular flexibility index (Phi) is 4.83. The van der Waals surface area contributed by atoms with Crippen LogP contribution < -0.4 is 0 Å². The molecule has 5 nitrogen and oxygen atoms in total. The van der Waals surface area contributed by atoms with Crippen LogP contribution in [0.4, 0.5) is 0 Å². The van der Waals surface area contributed by atoms with Crippen LogP contribution >= 0.6 is 0 Å². The molecule has 0 N–H and O–H groups in total. The number of carbonyl (C=O) groups excluding carboxylic acids is 1. The first-order valence-electron chi connectivity index (χ1n) is 9.22. The second-order valence-electron chi connectivity index (χ2n) is 7.27. The van der Waals surface area contributed by atoms with E-state index < -0.39 is 5.60 Å². The third kappa shape index (κ3) is 3.29. The van der Waals surface area contributed by atoms with Crippen molar-refractivity contribution in [2.24, 2.45) is 0 Å². The lowest BCUT2D eigenvalue weighted by Crippen LogP contribution is -2.42. The zero-order chi connectivity index (χ0) is 18.0. The highest BCUT2D eigenvalue weighted by Gasteiger charge is 2.53. The molecule has 2 aromatic rings. The highest BCUT2D eigenvalue weighted by molar-refractivity contribution is 5.77. The second kappa shape index (κ2) is 7.25. The minimum Gasteiger partial charge on any atom is -0.469 e. The molecular formula is C21H25NO4. The summed E-state index contributed by atoms with van der Waals surface area (Å²) in [7, 11) is 1.71. The molecule has 3 heterocycles. The molecule has 5 heteroatoms. The summed E-state index contributed by atoms with van der Waals surface area (Å²) in [4.78, 5) is 14.6. The fourth-order valence-electron chi connectivity index (χ4n) is 4.25. The van der Waals surface area contributed by atoms with Gasteiger partial charge in [-0.15, -0.1) is 0 Å². The van der Waals surface area contributed by atoms with Gasteiger partial charge in [0.1, 0.15) is 17.5 Å². The van der Waals surface area contributed by atoms with E-state index in [9.17, 15) is 4.79 Å². The molecule has 0 bridgehead atoms. The van der Waals surface area contributed by atoms with E-state index in [2.05, 4.69) is 24.3 Å². The van der Waals surface area contributed by atoms with Crippen LogP contribution in [0.1, 0.15) is 30.1 Å². The number of hydrogen-bond acceptors (Lipinski definition) is 4. The lowest BCUT2D eigenvalue weighted by molar-refractivity contribution is -0.131. The Hall–Kier alpha value is -2.11. The molecule has 0 saturated carbocycles. The zero-order valence-corrected chi connectivity index (χ0v) is 15.1. The number of amides is 1. The molecule has 2 aliphatic rings. The molecule has 0 unspecified atom stereocenters. The van der Waals surface area contributed by atoms with Crippen LogP contribution in [0.15, 0.2) is 53.1 Å². The number of methoxy groups -OCH3 is 1. The van der Waals surface area contributed by atoms with Gasteiger partial charge in [0, 0.05) is 32.4 Å². The highest BCUT2D eigenvalue weighted by atomic mass is 16.6. The molecule has 1 aromatic heterocycles. The van der Waals surface area contributed by atoms with Gasteiger partial charge in [0.2, 0.25) is 5.91 Å². The number of likely N-dealkylation sites (tertiary alicyclic amines) is 1. The van der Waals surface area contributed by atoms with Crippen molar-refractivity contribution < 1.29 is 18.7 Å². The molecule has 0 radical (unpaired) electrons. The minimum absolute atomic E-state index is 0.0798. The van der Waals surface area contributed by atoms with E-state index in [-0.39, 0.29) is 12.0 Å². The van der Waals surface area contributed by atoms with Gasteiger partial charge in [-0.2, -0.15) is 0 Å². The van der Waals surface area contributed by atoms with Crippen molar-refractivity contribution >= 4 is 5.91 Å². The smallest absolute Gasteiger partial charge is 0.223 e. The normalized spacial score (nSPS) is 28.1. The SMILES string of the molecule is CO[C@@H]1CN(C(=O)CCc2ccco2)C[C@]12C[C@@H](c1ccccc1)CO2. The zero-order valence-electron chi connectivity index (χ0n) is 15.1. The number of nitrogens with zero attached hydrogens (tertiary/aromatic N) is 1. The van der Waals surface area contributed by atoms with E-state index in [1.165, 1.54) is 5.56 Å². The minimum atomic E-state index is -0.393. The van der Waals surface area contributed by atoms with Gasteiger partial charge in [-0.3, -0.25) is 4.79 Å². The fourth-order valence-corrected chi connectivity index (χ4v) is 4.25. The van der Waals surface area contributed by atoms with Crippen LogP contribution in [-0.2, 0) is 20.7 Å². The van der Waals surface area contributed by atoms with E-state index >= 15 is 0 Å². The lowest BCUT2D eigenvalue weighted by atomic mass is 9.87. The first kappa shape index (κ1) is 17.3. The maximum absolute atomic E-state index is 12.7. The van der Waals surface area contributed by atoms with E-state index in [0.29, 0.717) is 38.5 Å². The summed E-state index contributed by atoms with van der Waals surface area (Å²) in [5.74, 6) is 1.33. The van der Waals surface area contributed by atoms with Crippen LogP contribution in [0.2, 0.25) is 0 Å². The molecule has 2 aliphatic heterocycles. The van der Waals surface area contributed by atoms with Crippen LogP contribution in [0, 0.1) is 0 Å². The largest absolute Gasteiger partial charge is 0.469 e. The summed E-state index contributed by atoms with van der Waals surface area (Å²) in [5, 5.41) is 0. The van der Waals surface area contributed by atoms with Gasteiger partial charge >= 0.3 is 0 Å². The third-order valence-corrected chi connectivity index (χ3v) is 5.67. The maximum atomic E-state index is 12.7. The number of ether oxygens (including phenoxy) is 2. The molecule has 0 aliphatic carbocycles. The first-order chi connectivity index (χ1) is 12.7. The molecule has 1 spiro atoms. The Morgan fingerprint density at radius 2 is 2.12 bits per heavy atom. The van der Waals surface area contributed by atoms with Crippen molar-refractivity contribution in [2.75, 3.05) is 26.8 Å². The van der Waals surface area contributed by atoms with Crippen molar-refractivity contribution in [1.82, 2.24) is 4.90 Å². The topological polar surface area (TPSA) is 51.9 Å². The van der Waals surface area contributed by atoms with Crippen LogP contribution in [-0.4, -0.2) is 49.3 Å². The summed E-state index contributed by atoms with van der Waals surface area (Å²) in [6.45, 7) is 1.87. The molecular weight excluding hydrogens is 330 g/mol. The lowest BCUT2D eigenvalue weighted by Gasteiger charge is -2.28. The van der Waals surface area contributed by atoms with Gasteiger partial charge < -0.3 is 18.8 Å². The Bertz CT molecular complexity index is 730. The Morgan fingerprint density at radius 3 is 2.85 bits per heavy atom. The van der Waals surface area contributed by atoms with Crippen molar-refractivity contribution in [2.45, 2.75) is 36.9 Å². The summed E-state index contributed by atoms with van der Waals surface area (Å²) in [6, 6.07) is 14.2. The number of benzene rings is 1. The molecule has 2 fully saturated rings. The second-order valence-corrected chi connectivity index (χ2v) is 7.27. The average molecular weight is 355 g/mol. The molecule has 4 rings (SSSR count). The standard InChI is InChI=1S/C21H25NO4/c1-24-19-13-22(20(23)10-9-18-8-5-11-25-18)15-21(19)12-17(14-26-21)16-6-3-2-4-7-16/h2-8,11,17,19H,9-10,12-15H2,1H3/t17-,19-,21-/m1/s1. The summed E-state index contributed by atoms with van der Waals surface area (Å²) < 4.78 is 17.3. The van der Waals surface area contributed by atoms with Crippen LogP contribution in [0.3, 0.4) is 0 Å². The predicted octanol–water partition coefficient (Wildman–Crippen LogP) is 3.01. The van der Waals surface area contributed by atoms with Crippen molar-refractivity contribution in [1.29, 1.82) is 0 Å². The van der Waals surface area contributed by atoms with Gasteiger partial charge in [0.25, 0.3) is 0 Å². The highest BCUT2D eigenvalue weighted by Crippen LogP contribution is 2.43. The fraction of sp³-hybridized carbons (Fsp3) is 0.476. The number of carbonyl (C=O) groups is 1. The Balaban J connectivity index is 1.41.